The van der Waals surface area contributed by atoms with Crippen LogP contribution in [0.15, 0.2) is 41.6 Å². The highest BCUT2D eigenvalue weighted by Crippen LogP contribution is 2.49. The Morgan fingerprint density at radius 3 is 2.81 bits per heavy atom. The van der Waals surface area contributed by atoms with Gasteiger partial charge in [0.25, 0.3) is 11.5 Å². The van der Waals surface area contributed by atoms with E-state index in [1.54, 1.807) is 11.7 Å². The number of hydrogen-bond donors (Lipinski definition) is 2. The molecule has 190 valence electrons. The molecule has 2 N–H and O–H groups in total. The van der Waals surface area contributed by atoms with Gasteiger partial charge in [0.05, 0.1) is 18.8 Å². The SMILES string of the molecule is COCCNC(=O)[C@@H]1[C@@H](CO)[C@@H]2Cn3c(ccc(C4=CCCCC4)c3=O)[C@@H]2N1C(=O)c1cnccn1. The molecule has 4 atom stereocenters. The number of methoxy groups -OCH3 is 1. The molecule has 10 nitrogen and oxygen atoms in total. The van der Waals surface area contributed by atoms with Crippen molar-refractivity contribution >= 4 is 17.4 Å². The number of aromatic nitrogens is 3. The lowest BCUT2D eigenvalue weighted by molar-refractivity contribution is -0.127. The van der Waals surface area contributed by atoms with Crippen LogP contribution < -0.4 is 10.9 Å². The fourth-order valence-corrected chi connectivity index (χ4v) is 5.96. The van der Waals surface area contributed by atoms with Crippen LogP contribution in [0.3, 0.4) is 0 Å². The molecule has 10 heteroatoms. The molecular weight excluding hydrogens is 462 g/mol. The second-order valence-corrected chi connectivity index (χ2v) is 9.55. The number of pyridine rings is 1. The summed E-state index contributed by atoms with van der Waals surface area (Å²) in [6.45, 7) is 0.636. The van der Waals surface area contributed by atoms with Gasteiger partial charge in [-0.05, 0) is 43.4 Å². The average Bonchev–Trinajstić information content (AvgIpc) is 3.44. The monoisotopic (exact) mass is 493 g/mol. The molecule has 4 heterocycles. The Labute approximate surface area is 209 Å². The zero-order valence-corrected chi connectivity index (χ0v) is 20.3. The first-order valence-electron chi connectivity index (χ1n) is 12.5. The summed E-state index contributed by atoms with van der Waals surface area (Å²) in [7, 11) is 1.54. The molecule has 2 aromatic rings. The van der Waals surface area contributed by atoms with Crippen LogP contribution in [0.5, 0.6) is 0 Å². The molecule has 1 aliphatic carbocycles. The summed E-state index contributed by atoms with van der Waals surface area (Å²) in [6, 6.07) is 2.28. The number of likely N-dealkylation sites (tertiary alicyclic amines) is 1. The van der Waals surface area contributed by atoms with Crippen molar-refractivity contribution in [3.63, 3.8) is 0 Å². The number of aliphatic hydroxyl groups excluding tert-OH is 1. The normalized spacial score (nSPS) is 24.7. The molecule has 0 radical (unpaired) electrons. The van der Waals surface area contributed by atoms with Gasteiger partial charge >= 0.3 is 0 Å². The van der Waals surface area contributed by atoms with Crippen LogP contribution in [0.4, 0.5) is 0 Å². The van der Waals surface area contributed by atoms with Crippen molar-refractivity contribution in [1.82, 2.24) is 24.8 Å². The Balaban J connectivity index is 1.57. The number of nitrogens with zero attached hydrogens (tertiary/aromatic N) is 4. The van der Waals surface area contributed by atoms with E-state index in [0.29, 0.717) is 24.4 Å². The molecule has 1 fully saturated rings. The molecule has 3 aliphatic rings. The van der Waals surface area contributed by atoms with Crippen LogP contribution in [0.2, 0.25) is 0 Å². The molecule has 2 amide bonds. The second-order valence-electron chi connectivity index (χ2n) is 9.55. The number of nitrogens with one attached hydrogen (secondary N) is 1. The van der Waals surface area contributed by atoms with E-state index in [1.807, 2.05) is 12.1 Å². The second kappa shape index (κ2) is 10.3. The predicted molar refractivity (Wildman–Crippen MR) is 131 cm³/mol. The molecule has 1 saturated heterocycles. The van der Waals surface area contributed by atoms with Gasteiger partial charge in [-0.1, -0.05) is 6.08 Å². The number of amides is 2. The first-order chi connectivity index (χ1) is 17.6. The fourth-order valence-electron chi connectivity index (χ4n) is 5.96. The highest BCUT2D eigenvalue weighted by atomic mass is 16.5. The zero-order valence-electron chi connectivity index (χ0n) is 20.3. The number of aliphatic hydroxyl groups is 1. The Hall–Kier alpha value is -3.37. The standard InChI is InChI=1S/C26H31N5O5/c1-36-12-11-29-24(33)23-19(15-32)18-14-30-21(8-7-17(25(30)34)16-5-3-2-4-6-16)22(18)31(23)26(35)20-13-27-9-10-28-20/h5,7-10,13,18-19,22-23,32H,2-4,6,11-12,14-15H2,1H3,(H,29,33)/t18-,19-,22+,23-/m0/s1. The molecule has 0 spiro atoms. The average molecular weight is 494 g/mol. The van der Waals surface area contributed by atoms with E-state index in [-0.39, 0.29) is 36.2 Å². The van der Waals surface area contributed by atoms with Gasteiger partial charge in [-0.2, -0.15) is 0 Å². The minimum atomic E-state index is -0.916. The van der Waals surface area contributed by atoms with E-state index >= 15 is 0 Å². The lowest BCUT2D eigenvalue weighted by Crippen LogP contribution is -2.51. The number of allylic oxidation sites excluding steroid dienone is 2. The van der Waals surface area contributed by atoms with Crippen LogP contribution in [-0.4, -0.2) is 69.3 Å². The third-order valence-electron chi connectivity index (χ3n) is 7.60. The Morgan fingerprint density at radius 2 is 2.11 bits per heavy atom. The number of carbonyl (C=O) groups excluding carboxylic acids is 2. The number of ether oxygens (including phenoxy) is 1. The van der Waals surface area contributed by atoms with Crippen LogP contribution in [0.1, 0.15) is 53.5 Å². The fraction of sp³-hybridized carbons (Fsp3) is 0.500. The first-order valence-corrected chi connectivity index (χ1v) is 12.5. The van der Waals surface area contributed by atoms with E-state index in [0.717, 1.165) is 31.3 Å². The molecule has 0 bridgehead atoms. The summed E-state index contributed by atoms with van der Waals surface area (Å²) in [6.07, 6.45) is 10.4. The van der Waals surface area contributed by atoms with E-state index < -0.39 is 23.9 Å². The quantitative estimate of drug-likeness (QED) is 0.554. The van der Waals surface area contributed by atoms with Crippen LogP contribution in [0.25, 0.3) is 5.57 Å². The molecule has 5 rings (SSSR count). The minimum absolute atomic E-state index is 0.0836. The summed E-state index contributed by atoms with van der Waals surface area (Å²) >= 11 is 0. The number of carbonyl (C=O) groups is 2. The topological polar surface area (TPSA) is 127 Å². The van der Waals surface area contributed by atoms with Crippen molar-refractivity contribution in [2.75, 3.05) is 26.9 Å². The maximum absolute atomic E-state index is 13.7. The lowest BCUT2D eigenvalue weighted by Gasteiger charge is -2.30. The molecule has 0 aromatic carbocycles. The van der Waals surface area contributed by atoms with E-state index in [9.17, 15) is 19.5 Å². The smallest absolute Gasteiger partial charge is 0.275 e. The highest BCUT2D eigenvalue weighted by molar-refractivity contribution is 5.97. The van der Waals surface area contributed by atoms with Crippen molar-refractivity contribution in [3.05, 3.63) is 64.1 Å². The van der Waals surface area contributed by atoms with Crippen molar-refractivity contribution < 1.29 is 19.4 Å². The number of hydrogen-bond acceptors (Lipinski definition) is 7. The molecule has 2 aromatic heterocycles. The van der Waals surface area contributed by atoms with Crippen molar-refractivity contribution in [2.45, 2.75) is 44.3 Å². The first kappa shape index (κ1) is 24.3. The molecule has 0 saturated carbocycles. The summed E-state index contributed by atoms with van der Waals surface area (Å²) < 4.78 is 6.76. The van der Waals surface area contributed by atoms with Gasteiger partial charge in [0, 0.05) is 62.3 Å². The molecular formula is C26H31N5O5. The number of rotatable bonds is 7. The maximum Gasteiger partial charge on any atom is 0.275 e. The largest absolute Gasteiger partial charge is 0.396 e. The van der Waals surface area contributed by atoms with E-state index in [2.05, 4.69) is 21.4 Å². The van der Waals surface area contributed by atoms with Gasteiger partial charge < -0.3 is 24.6 Å². The lowest BCUT2D eigenvalue weighted by atomic mass is 9.88. The highest BCUT2D eigenvalue weighted by Gasteiger charge is 2.57. The minimum Gasteiger partial charge on any atom is -0.396 e. The Morgan fingerprint density at radius 1 is 1.25 bits per heavy atom. The predicted octanol–water partition coefficient (Wildman–Crippen LogP) is 1.16. The third kappa shape index (κ3) is 4.14. The van der Waals surface area contributed by atoms with E-state index in [1.165, 1.54) is 23.5 Å². The maximum atomic E-state index is 13.7. The zero-order chi connectivity index (χ0) is 25.2. The van der Waals surface area contributed by atoms with Crippen molar-refractivity contribution in [2.24, 2.45) is 11.8 Å². The number of fused-ring (bicyclic) bond motifs is 3. The third-order valence-corrected chi connectivity index (χ3v) is 7.60. The van der Waals surface area contributed by atoms with Crippen molar-refractivity contribution in [1.29, 1.82) is 0 Å². The summed E-state index contributed by atoms with van der Waals surface area (Å²) in [4.78, 5) is 50.3. The Kier molecular flexibility index (Phi) is 6.97. The molecule has 0 unspecified atom stereocenters. The van der Waals surface area contributed by atoms with Gasteiger partial charge in [0.1, 0.15) is 11.7 Å². The van der Waals surface area contributed by atoms with Crippen LogP contribution in [-0.2, 0) is 16.1 Å². The van der Waals surface area contributed by atoms with Gasteiger partial charge in [-0.3, -0.25) is 19.4 Å². The van der Waals surface area contributed by atoms with E-state index in [4.69, 9.17) is 4.74 Å². The molecule has 2 aliphatic heterocycles. The van der Waals surface area contributed by atoms with Gasteiger partial charge in [0.2, 0.25) is 5.91 Å². The van der Waals surface area contributed by atoms with Gasteiger partial charge in [0.15, 0.2) is 0 Å². The van der Waals surface area contributed by atoms with Gasteiger partial charge in [-0.25, -0.2) is 4.98 Å². The summed E-state index contributed by atoms with van der Waals surface area (Å²) in [5.74, 6) is -1.66. The molecule has 36 heavy (non-hydrogen) atoms. The summed E-state index contributed by atoms with van der Waals surface area (Å²) in [5.41, 5.74) is 2.46. The Bertz CT molecular complexity index is 1230. The van der Waals surface area contributed by atoms with Gasteiger partial charge in [-0.15, -0.1) is 0 Å². The summed E-state index contributed by atoms with van der Waals surface area (Å²) in [5, 5.41) is 13.2. The van der Waals surface area contributed by atoms with Crippen LogP contribution in [0, 0.1) is 11.8 Å². The van der Waals surface area contributed by atoms with Crippen molar-refractivity contribution in [3.8, 4) is 0 Å². The van der Waals surface area contributed by atoms with Crippen LogP contribution >= 0.6 is 0 Å².